The summed E-state index contributed by atoms with van der Waals surface area (Å²) >= 11 is 1.06. The summed E-state index contributed by atoms with van der Waals surface area (Å²) in [5.74, 6) is -1.57. The molecule has 23 heavy (non-hydrogen) atoms. The maximum atomic E-state index is 13.9. The fraction of sp³-hybridized carbons (Fsp3) is 0.429. The van der Waals surface area contributed by atoms with E-state index in [0.29, 0.717) is 5.75 Å². The van der Waals surface area contributed by atoms with E-state index in [1.165, 1.54) is 6.92 Å². The Hall–Kier alpha value is -1.77. The molecule has 1 atom stereocenters. The minimum Gasteiger partial charge on any atom is -0.406 e. The van der Waals surface area contributed by atoms with Crippen LogP contribution in [0.4, 0.5) is 23.2 Å². The first-order valence-corrected chi connectivity index (χ1v) is 7.63. The highest BCUT2D eigenvalue weighted by Crippen LogP contribution is 2.33. The lowest BCUT2D eigenvalue weighted by atomic mass is 10.1. The van der Waals surface area contributed by atoms with Crippen molar-refractivity contribution in [1.82, 2.24) is 0 Å². The van der Waals surface area contributed by atoms with Gasteiger partial charge >= 0.3 is 6.36 Å². The van der Waals surface area contributed by atoms with Crippen LogP contribution in [0.3, 0.4) is 0 Å². The molecule has 1 fully saturated rings. The van der Waals surface area contributed by atoms with Gasteiger partial charge in [0.2, 0.25) is 5.91 Å². The molecular formula is C14H13F4NO3S. The summed E-state index contributed by atoms with van der Waals surface area (Å²) in [6, 6.07) is 2.51. The van der Waals surface area contributed by atoms with Crippen LogP contribution >= 0.6 is 11.8 Å². The lowest BCUT2D eigenvalue weighted by Gasteiger charge is -2.19. The van der Waals surface area contributed by atoms with Crippen LogP contribution in [0.15, 0.2) is 18.2 Å². The number of amides is 1. The van der Waals surface area contributed by atoms with Crippen LogP contribution in [0.1, 0.15) is 13.3 Å². The first-order valence-electron chi connectivity index (χ1n) is 6.64. The smallest absolute Gasteiger partial charge is 0.406 e. The second kappa shape index (κ2) is 6.77. The Bertz CT molecular complexity index is 621. The first-order chi connectivity index (χ1) is 10.7. The molecule has 1 heterocycles. The Kier molecular flexibility index (Phi) is 5.18. The van der Waals surface area contributed by atoms with Gasteiger partial charge in [-0.05, 0) is 18.1 Å². The molecule has 1 aromatic carbocycles. The zero-order chi connectivity index (χ0) is 17.2. The third-order valence-electron chi connectivity index (χ3n) is 3.17. The van der Waals surface area contributed by atoms with Crippen LogP contribution in [0.2, 0.25) is 0 Å². The molecule has 9 heteroatoms. The van der Waals surface area contributed by atoms with Crippen molar-refractivity contribution in [3.05, 3.63) is 24.0 Å². The van der Waals surface area contributed by atoms with Crippen molar-refractivity contribution < 1.29 is 31.9 Å². The van der Waals surface area contributed by atoms with Gasteiger partial charge in [0.05, 0.1) is 5.69 Å². The van der Waals surface area contributed by atoms with Crippen LogP contribution in [-0.4, -0.2) is 29.7 Å². The molecule has 1 aliphatic rings. The molecule has 1 amide bonds. The molecule has 1 aliphatic heterocycles. The number of alkyl halides is 3. The molecule has 4 nitrogen and oxygen atoms in total. The van der Waals surface area contributed by atoms with E-state index in [2.05, 4.69) is 4.74 Å². The summed E-state index contributed by atoms with van der Waals surface area (Å²) in [7, 11) is 0. The highest BCUT2D eigenvalue weighted by molar-refractivity contribution is 8.13. The summed E-state index contributed by atoms with van der Waals surface area (Å²) in [5, 5.41) is -0.0948. The van der Waals surface area contributed by atoms with Crippen LogP contribution in [0, 0.1) is 11.7 Å². The van der Waals surface area contributed by atoms with Crippen molar-refractivity contribution in [2.24, 2.45) is 5.92 Å². The normalized spacial score (nSPS) is 18.4. The molecule has 0 aliphatic carbocycles. The summed E-state index contributed by atoms with van der Waals surface area (Å²) < 4.78 is 54.3. The van der Waals surface area contributed by atoms with E-state index in [4.69, 9.17) is 0 Å². The van der Waals surface area contributed by atoms with Crippen molar-refractivity contribution >= 4 is 28.5 Å². The average molecular weight is 351 g/mol. The van der Waals surface area contributed by atoms with Gasteiger partial charge in [-0.2, -0.15) is 0 Å². The molecule has 0 spiro atoms. The largest absolute Gasteiger partial charge is 0.573 e. The summed E-state index contributed by atoms with van der Waals surface area (Å²) in [4.78, 5) is 24.0. The minimum absolute atomic E-state index is 0.0948. The van der Waals surface area contributed by atoms with E-state index in [1.54, 1.807) is 0 Å². The zero-order valence-corrected chi connectivity index (χ0v) is 12.8. The first kappa shape index (κ1) is 17.6. The number of carbonyl (C=O) groups is 2. The van der Waals surface area contributed by atoms with Crippen molar-refractivity contribution in [1.29, 1.82) is 0 Å². The summed E-state index contributed by atoms with van der Waals surface area (Å²) in [6.45, 7) is 1.54. The van der Waals surface area contributed by atoms with Crippen LogP contribution in [0.5, 0.6) is 5.75 Å². The molecule has 1 saturated heterocycles. The monoisotopic (exact) mass is 351 g/mol. The van der Waals surface area contributed by atoms with Gasteiger partial charge in [-0.15, -0.1) is 13.2 Å². The Morgan fingerprint density at radius 3 is 2.74 bits per heavy atom. The van der Waals surface area contributed by atoms with E-state index < -0.39 is 23.8 Å². The molecule has 0 aromatic heterocycles. The number of hydrogen-bond acceptors (Lipinski definition) is 4. The van der Waals surface area contributed by atoms with Crippen LogP contribution in [-0.2, 0) is 9.59 Å². The predicted octanol–water partition coefficient (Wildman–Crippen LogP) is 3.36. The Morgan fingerprint density at radius 2 is 2.13 bits per heavy atom. The average Bonchev–Trinajstić information content (AvgIpc) is 2.78. The Morgan fingerprint density at radius 1 is 1.43 bits per heavy atom. The number of carbonyl (C=O) groups excluding carboxylic acids is 2. The number of ether oxygens (including phenoxy) is 1. The lowest BCUT2D eigenvalue weighted by molar-refractivity contribution is -0.274. The maximum absolute atomic E-state index is 13.9. The molecule has 1 aromatic rings. The fourth-order valence-corrected chi connectivity index (χ4v) is 2.95. The van der Waals surface area contributed by atoms with Crippen molar-refractivity contribution in [3.63, 3.8) is 0 Å². The van der Waals surface area contributed by atoms with Crippen LogP contribution in [0.25, 0.3) is 0 Å². The number of hydrogen-bond donors (Lipinski definition) is 0. The van der Waals surface area contributed by atoms with Gasteiger partial charge in [-0.3, -0.25) is 9.59 Å². The van der Waals surface area contributed by atoms with Gasteiger partial charge in [0.15, 0.2) is 5.12 Å². The second-order valence-electron chi connectivity index (χ2n) is 5.04. The van der Waals surface area contributed by atoms with Crippen LogP contribution < -0.4 is 9.64 Å². The number of anilines is 1. The Labute approximate surface area is 133 Å². The molecule has 2 rings (SSSR count). The van der Waals surface area contributed by atoms with E-state index >= 15 is 0 Å². The Balaban J connectivity index is 2.16. The van der Waals surface area contributed by atoms with Crippen molar-refractivity contribution in [2.75, 3.05) is 17.2 Å². The molecule has 1 unspecified atom stereocenters. The number of thioether (sulfide) groups is 1. The minimum atomic E-state index is -4.90. The topological polar surface area (TPSA) is 46.6 Å². The van der Waals surface area contributed by atoms with Gasteiger partial charge < -0.3 is 9.64 Å². The molecule has 0 N–H and O–H groups in total. The third kappa shape index (κ3) is 4.85. The number of benzene rings is 1. The van der Waals surface area contributed by atoms with Gasteiger partial charge in [0, 0.05) is 31.7 Å². The van der Waals surface area contributed by atoms with Gasteiger partial charge in [0.25, 0.3) is 0 Å². The number of halogens is 4. The van der Waals surface area contributed by atoms with Gasteiger partial charge in [-0.25, -0.2) is 4.39 Å². The fourth-order valence-electron chi connectivity index (χ4n) is 2.26. The third-order valence-corrected chi connectivity index (χ3v) is 4.21. The molecule has 0 bridgehead atoms. The summed E-state index contributed by atoms with van der Waals surface area (Å²) in [5.41, 5.74) is -0.257. The lowest BCUT2D eigenvalue weighted by Crippen LogP contribution is -2.26. The standard InChI is InChI=1S/C14H13F4NO3S/c1-8(20)23-7-9-4-13(21)19(6-9)12-5-10(2-3-11(12)15)22-14(16,17)18/h2-3,5,9H,4,6-7H2,1H3. The van der Waals surface area contributed by atoms with Gasteiger partial charge in [0.1, 0.15) is 11.6 Å². The highest BCUT2D eigenvalue weighted by Gasteiger charge is 2.34. The van der Waals surface area contributed by atoms with Gasteiger partial charge in [-0.1, -0.05) is 11.8 Å². The second-order valence-corrected chi connectivity index (χ2v) is 6.24. The quantitative estimate of drug-likeness (QED) is 0.781. The van der Waals surface area contributed by atoms with E-state index in [-0.39, 0.29) is 29.7 Å². The van der Waals surface area contributed by atoms with E-state index in [9.17, 15) is 27.2 Å². The molecule has 0 radical (unpaired) electrons. The number of rotatable bonds is 4. The zero-order valence-electron chi connectivity index (χ0n) is 12.0. The number of nitrogens with zero attached hydrogens (tertiary/aromatic N) is 1. The SMILES string of the molecule is CC(=O)SCC1CC(=O)N(c2cc(OC(F)(F)F)ccc2F)C1. The highest BCUT2D eigenvalue weighted by atomic mass is 32.2. The molecule has 126 valence electrons. The predicted molar refractivity (Wildman–Crippen MR) is 76.7 cm³/mol. The van der Waals surface area contributed by atoms with E-state index in [0.717, 1.165) is 34.9 Å². The van der Waals surface area contributed by atoms with Crippen molar-refractivity contribution in [2.45, 2.75) is 19.7 Å². The molecule has 0 saturated carbocycles. The molecular weight excluding hydrogens is 338 g/mol. The summed E-state index contributed by atoms with van der Waals surface area (Å²) in [6.07, 6.45) is -4.78. The maximum Gasteiger partial charge on any atom is 0.573 e. The van der Waals surface area contributed by atoms with Crippen molar-refractivity contribution in [3.8, 4) is 5.75 Å². The van der Waals surface area contributed by atoms with E-state index in [1.807, 2.05) is 0 Å².